The summed E-state index contributed by atoms with van der Waals surface area (Å²) >= 11 is 0. The zero-order valence-corrected chi connectivity index (χ0v) is 10.7. The molecule has 8 nitrogen and oxygen atoms in total. The molecule has 0 aromatic carbocycles. The molecule has 0 radical (unpaired) electrons. The SMILES string of the molecule is NNC(=O)c1cn(CCN2CCS(=O)CC2)nn1. The molecule has 1 aromatic rings. The summed E-state index contributed by atoms with van der Waals surface area (Å²) < 4.78 is 12.8. The fourth-order valence-corrected chi connectivity index (χ4v) is 2.86. The summed E-state index contributed by atoms with van der Waals surface area (Å²) in [5, 5.41) is 7.56. The monoisotopic (exact) mass is 272 g/mol. The van der Waals surface area contributed by atoms with E-state index in [9.17, 15) is 9.00 Å². The molecule has 3 N–H and O–H groups in total. The molecule has 0 atom stereocenters. The van der Waals surface area contributed by atoms with E-state index in [1.165, 1.54) is 0 Å². The average molecular weight is 272 g/mol. The van der Waals surface area contributed by atoms with Crippen molar-refractivity contribution in [2.75, 3.05) is 31.1 Å². The molecule has 0 spiro atoms. The number of nitrogen functional groups attached to an aromatic ring is 1. The van der Waals surface area contributed by atoms with Gasteiger partial charge in [-0.15, -0.1) is 5.10 Å². The van der Waals surface area contributed by atoms with Gasteiger partial charge < -0.3 is 0 Å². The smallest absolute Gasteiger partial charge is 0.287 e. The van der Waals surface area contributed by atoms with Crippen molar-refractivity contribution < 1.29 is 9.00 Å². The predicted octanol–water partition coefficient (Wildman–Crippen LogP) is -2.05. The largest absolute Gasteiger partial charge is 0.300 e. The molecule has 100 valence electrons. The summed E-state index contributed by atoms with van der Waals surface area (Å²) in [4.78, 5) is 13.4. The van der Waals surface area contributed by atoms with E-state index in [0.29, 0.717) is 6.54 Å². The van der Waals surface area contributed by atoms with Gasteiger partial charge in [-0.2, -0.15) is 0 Å². The van der Waals surface area contributed by atoms with E-state index in [-0.39, 0.29) is 5.69 Å². The molecule has 9 heteroatoms. The number of rotatable bonds is 4. The Morgan fingerprint density at radius 1 is 1.44 bits per heavy atom. The maximum atomic E-state index is 11.2. The molecule has 0 saturated carbocycles. The molecule has 2 heterocycles. The minimum Gasteiger partial charge on any atom is -0.300 e. The molecular formula is C9H16N6O2S. The Hall–Kier alpha value is -1.32. The van der Waals surface area contributed by atoms with Gasteiger partial charge in [0.05, 0.1) is 12.7 Å². The molecule has 1 fully saturated rings. The van der Waals surface area contributed by atoms with Crippen LogP contribution in [0.4, 0.5) is 0 Å². The third-order valence-corrected chi connectivity index (χ3v) is 4.09. The van der Waals surface area contributed by atoms with Gasteiger partial charge in [-0.1, -0.05) is 5.21 Å². The fraction of sp³-hybridized carbons (Fsp3) is 0.667. The van der Waals surface area contributed by atoms with Crippen LogP contribution in [0, 0.1) is 0 Å². The van der Waals surface area contributed by atoms with Crippen molar-refractivity contribution in [3.8, 4) is 0 Å². The number of hydrogen-bond acceptors (Lipinski definition) is 6. The van der Waals surface area contributed by atoms with Crippen LogP contribution >= 0.6 is 0 Å². The number of nitrogens with zero attached hydrogens (tertiary/aromatic N) is 4. The van der Waals surface area contributed by atoms with Gasteiger partial charge in [-0.3, -0.25) is 24.0 Å². The molecule has 0 bridgehead atoms. The third-order valence-electron chi connectivity index (χ3n) is 2.82. The highest BCUT2D eigenvalue weighted by molar-refractivity contribution is 7.85. The van der Waals surface area contributed by atoms with E-state index < -0.39 is 16.7 Å². The highest BCUT2D eigenvalue weighted by Gasteiger charge is 2.15. The maximum Gasteiger partial charge on any atom is 0.287 e. The minimum absolute atomic E-state index is 0.206. The molecule has 1 aliphatic heterocycles. The van der Waals surface area contributed by atoms with Crippen LogP contribution in [0.25, 0.3) is 0 Å². The van der Waals surface area contributed by atoms with Crippen LogP contribution in [0.1, 0.15) is 10.5 Å². The molecule has 18 heavy (non-hydrogen) atoms. The third kappa shape index (κ3) is 3.34. The normalized spacial score (nSPS) is 17.8. The van der Waals surface area contributed by atoms with Crippen molar-refractivity contribution in [1.82, 2.24) is 25.3 Å². The van der Waals surface area contributed by atoms with Crippen molar-refractivity contribution in [2.45, 2.75) is 6.54 Å². The van der Waals surface area contributed by atoms with Gasteiger partial charge in [-0.25, -0.2) is 5.84 Å². The second kappa shape index (κ2) is 6.03. The molecule has 0 unspecified atom stereocenters. The van der Waals surface area contributed by atoms with Crippen molar-refractivity contribution in [3.05, 3.63) is 11.9 Å². The highest BCUT2D eigenvalue weighted by Crippen LogP contribution is 2.00. The van der Waals surface area contributed by atoms with E-state index >= 15 is 0 Å². The Kier molecular flexibility index (Phi) is 4.39. The van der Waals surface area contributed by atoms with Crippen LogP contribution in [-0.2, 0) is 17.3 Å². The number of amides is 1. The number of hydrazine groups is 1. The Morgan fingerprint density at radius 2 is 2.17 bits per heavy atom. The van der Waals surface area contributed by atoms with E-state index in [2.05, 4.69) is 15.2 Å². The lowest BCUT2D eigenvalue weighted by atomic mass is 10.4. The Bertz CT molecular complexity index is 438. The number of nitrogens with two attached hydrogens (primary N) is 1. The Balaban J connectivity index is 1.81. The summed E-state index contributed by atoms with van der Waals surface area (Å²) in [6, 6.07) is 0. The summed E-state index contributed by atoms with van der Waals surface area (Å²) in [7, 11) is -0.656. The Labute approximate surface area is 107 Å². The summed E-state index contributed by atoms with van der Waals surface area (Å²) in [6.45, 7) is 3.15. The van der Waals surface area contributed by atoms with Crippen molar-refractivity contribution in [2.24, 2.45) is 5.84 Å². The second-order valence-corrected chi connectivity index (χ2v) is 5.73. The van der Waals surface area contributed by atoms with Gasteiger partial charge >= 0.3 is 0 Å². The minimum atomic E-state index is -0.656. The van der Waals surface area contributed by atoms with Crippen molar-refractivity contribution in [1.29, 1.82) is 0 Å². The molecule has 1 aromatic heterocycles. The molecule has 1 aliphatic rings. The van der Waals surface area contributed by atoms with Crippen LogP contribution in [0.2, 0.25) is 0 Å². The summed E-state index contributed by atoms with van der Waals surface area (Å²) in [5.74, 6) is 6.02. The quantitative estimate of drug-likeness (QED) is 0.371. The van der Waals surface area contributed by atoms with E-state index in [0.717, 1.165) is 31.1 Å². The number of carbonyl (C=O) groups is 1. The number of aromatic nitrogens is 3. The fourth-order valence-electron chi connectivity index (χ4n) is 1.73. The van der Waals surface area contributed by atoms with Crippen LogP contribution in [0.3, 0.4) is 0 Å². The number of nitrogens with one attached hydrogen (secondary N) is 1. The standard InChI is InChI=1S/C9H16N6O2S/c10-11-9(16)8-7-15(13-12-8)2-1-14-3-5-18(17)6-4-14/h7H,1-6,10H2,(H,11,16). The van der Waals surface area contributed by atoms with Gasteiger partial charge in [0.25, 0.3) is 5.91 Å². The van der Waals surface area contributed by atoms with Gasteiger partial charge in [0.1, 0.15) is 0 Å². The molecule has 2 rings (SSSR count). The van der Waals surface area contributed by atoms with Crippen LogP contribution in [0.15, 0.2) is 6.20 Å². The zero-order valence-electron chi connectivity index (χ0n) is 9.91. The van der Waals surface area contributed by atoms with Gasteiger partial charge in [0.2, 0.25) is 0 Å². The van der Waals surface area contributed by atoms with E-state index in [1.54, 1.807) is 10.9 Å². The summed E-state index contributed by atoms with van der Waals surface area (Å²) in [5.41, 5.74) is 2.21. The molecular weight excluding hydrogens is 256 g/mol. The zero-order chi connectivity index (χ0) is 13.0. The maximum absolute atomic E-state index is 11.2. The highest BCUT2D eigenvalue weighted by atomic mass is 32.2. The van der Waals surface area contributed by atoms with E-state index in [4.69, 9.17) is 5.84 Å². The molecule has 0 aliphatic carbocycles. The van der Waals surface area contributed by atoms with E-state index in [1.807, 2.05) is 5.43 Å². The van der Waals surface area contributed by atoms with Gasteiger partial charge in [0, 0.05) is 41.9 Å². The van der Waals surface area contributed by atoms with Crippen LogP contribution < -0.4 is 11.3 Å². The molecule has 1 amide bonds. The average Bonchev–Trinajstić information content (AvgIpc) is 2.86. The van der Waals surface area contributed by atoms with Crippen LogP contribution in [0.5, 0.6) is 0 Å². The topological polar surface area (TPSA) is 106 Å². The second-order valence-electron chi connectivity index (χ2n) is 4.03. The van der Waals surface area contributed by atoms with Gasteiger partial charge in [-0.05, 0) is 0 Å². The first-order chi connectivity index (χ1) is 8.69. The summed E-state index contributed by atoms with van der Waals surface area (Å²) in [6.07, 6.45) is 1.56. The van der Waals surface area contributed by atoms with Gasteiger partial charge in [0.15, 0.2) is 5.69 Å². The van der Waals surface area contributed by atoms with Crippen molar-refractivity contribution in [3.63, 3.8) is 0 Å². The van der Waals surface area contributed by atoms with Crippen LogP contribution in [-0.4, -0.2) is 61.1 Å². The lowest BCUT2D eigenvalue weighted by Crippen LogP contribution is -2.39. The lowest BCUT2D eigenvalue weighted by Gasteiger charge is -2.25. The first kappa shape index (κ1) is 13.1. The predicted molar refractivity (Wildman–Crippen MR) is 66.0 cm³/mol. The van der Waals surface area contributed by atoms with Crippen molar-refractivity contribution >= 4 is 16.7 Å². The molecule has 1 saturated heterocycles. The first-order valence-corrected chi connectivity index (χ1v) is 7.16. The lowest BCUT2D eigenvalue weighted by molar-refractivity contribution is 0.0948. The number of hydrogen-bond donors (Lipinski definition) is 2. The first-order valence-electron chi connectivity index (χ1n) is 5.67. The number of carbonyl (C=O) groups excluding carboxylic acids is 1. The Morgan fingerprint density at radius 3 is 2.83 bits per heavy atom.